The molecule has 1 aromatic rings. The van der Waals surface area contributed by atoms with Crippen LogP contribution in [0.4, 0.5) is 5.95 Å². The van der Waals surface area contributed by atoms with Crippen LogP contribution in [0.1, 0.15) is 18.7 Å². The standard InChI is InChI=1S/C8H14N4O2/c1-2-10-6-4-13-3-5(6)7-11-8(9)12-14-7/h5-6,10H,2-4H2,1H3,(H2,9,12). The van der Waals surface area contributed by atoms with Gasteiger partial charge in [-0.3, -0.25) is 0 Å². The highest BCUT2D eigenvalue weighted by molar-refractivity contribution is 5.14. The van der Waals surface area contributed by atoms with Gasteiger partial charge in [0.05, 0.1) is 19.1 Å². The Morgan fingerprint density at radius 2 is 2.43 bits per heavy atom. The van der Waals surface area contributed by atoms with Crippen LogP contribution in [0.5, 0.6) is 0 Å². The Morgan fingerprint density at radius 1 is 1.57 bits per heavy atom. The van der Waals surface area contributed by atoms with Gasteiger partial charge in [-0.15, -0.1) is 0 Å². The van der Waals surface area contributed by atoms with Gasteiger partial charge < -0.3 is 20.3 Å². The Kier molecular flexibility index (Phi) is 2.64. The molecule has 2 heterocycles. The minimum absolute atomic E-state index is 0.125. The first-order chi connectivity index (χ1) is 6.81. The Morgan fingerprint density at radius 3 is 3.07 bits per heavy atom. The zero-order chi connectivity index (χ0) is 9.97. The molecule has 6 nitrogen and oxygen atoms in total. The molecule has 1 saturated heterocycles. The Balaban J connectivity index is 2.09. The van der Waals surface area contributed by atoms with Gasteiger partial charge in [0.15, 0.2) is 0 Å². The summed E-state index contributed by atoms with van der Waals surface area (Å²) in [6.45, 7) is 4.24. The van der Waals surface area contributed by atoms with Crippen LogP contribution in [0.2, 0.25) is 0 Å². The smallest absolute Gasteiger partial charge is 0.260 e. The fourth-order valence-electron chi connectivity index (χ4n) is 1.66. The third kappa shape index (κ3) is 1.71. The van der Waals surface area contributed by atoms with E-state index in [4.69, 9.17) is 15.0 Å². The highest BCUT2D eigenvalue weighted by atomic mass is 16.5. The molecule has 2 unspecified atom stereocenters. The average Bonchev–Trinajstić information content (AvgIpc) is 2.74. The van der Waals surface area contributed by atoms with Crippen molar-refractivity contribution in [3.63, 3.8) is 0 Å². The van der Waals surface area contributed by atoms with Gasteiger partial charge >= 0.3 is 0 Å². The van der Waals surface area contributed by atoms with E-state index in [-0.39, 0.29) is 17.9 Å². The molecule has 1 fully saturated rings. The normalized spacial score (nSPS) is 26.9. The second-order valence-electron chi connectivity index (χ2n) is 3.30. The molecule has 78 valence electrons. The number of anilines is 1. The van der Waals surface area contributed by atoms with E-state index < -0.39 is 0 Å². The molecule has 2 rings (SSSR count). The lowest BCUT2D eigenvalue weighted by molar-refractivity contribution is 0.185. The van der Waals surface area contributed by atoms with Crippen LogP contribution in [-0.4, -0.2) is 35.9 Å². The molecule has 0 saturated carbocycles. The monoisotopic (exact) mass is 198 g/mol. The largest absolute Gasteiger partial charge is 0.379 e. The molecular formula is C8H14N4O2. The van der Waals surface area contributed by atoms with Gasteiger partial charge in [0, 0.05) is 6.04 Å². The summed E-state index contributed by atoms with van der Waals surface area (Å²) in [6, 6.07) is 0.250. The maximum absolute atomic E-state index is 5.39. The molecule has 14 heavy (non-hydrogen) atoms. The lowest BCUT2D eigenvalue weighted by Gasteiger charge is -2.13. The fraction of sp³-hybridized carbons (Fsp3) is 0.750. The molecule has 0 spiro atoms. The quantitative estimate of drug-likeness (QED) is 0.696. The van der Waals surface area contributed by atoms with Crippen molar-refractivity contribution in [1.82, 2.24) is 15.5 Å². The van der Waals surface area contributed by atoms with Gasteiger partial charge in [-0.2, -0.15) is 4.98 Å². The van der Waals surface area contributed by atoms with Gasteiger partial charge in [0.1, 0.15) is 0 Å². The Bertz CT molecular complexity index is 301. The molecule has 1 aliphatic rings. The summed E-state index contributed by atoms with van der Waals surface area (Å²) >= 11 is 0. The van der Waals surface area contributed by atoms with Crippen LogP contribution >= 0.6 is 0 Å². The first-order valence-corrected chi connectivity index (χ1v) is 4.71. The summed E-state index contributed by atoms with van der Waals surface area (Å²) in [5.41, 5.74) is 5.39. The van der Waals surface area contributed by atoms with Crippen LogP contribution in [0.25, 0.3) is 0 Å². The molecule has 0 radical (unpaired) electrons. The number of nitrogens with two attached hydrogens (primary N) is 1. The maximum atomic E-state index is 5.39. The summed E-state index contributed by atoms with van der Waals surface area (Å²) in [5.74, 6) is 0.868. The van der Waals surface area contributed by atoms with Crippen molar-refractivity contribution in [2.24, 2.45) is 0 Å². The van der Waals surface area contributed by atoms with Crippen molar-refractivity contribution in [3.05, 3.63) is 5.89 Å². The first-order valence-electron chi connectivity index (χ1n) is 4.71. The van der Waals surface area contributed by atoms with Crippen LogP contribution in [0.15, 0.2) is 4.52 Å². The van der Waals surface area contributed by atoms with E-state index >= 15 is 0 Å². The van der Waals surface area contributed by atoms with E-state index in [1.165, 1.54) is 0 Å². The average molecular weight is 198 g/mol. The van der Waals surface area contributed by atoms with Gasteiger partial charge in [-0.05, 0) is 11.7 Å². The number of hydrogen-bond donors (Lipinski definition) is 2. The summed E-state index contributed by atoms with van der Waals surface area (Å²) in [7, 11) is 0. The van der Waals surface area contributed by atoms with E-state index in [0.29, 0.717) is 19.1 Å². The van der Waals surface area contributed by atoms with Crippen LogP contribution in [-0.2, 0) is 4.74 Å². The van der Waals surface area contributed by atoms with Gasteiger partial charge in [0.25, 0.3) is 5.95 Å². The van der Waals surface area contributed by atoms with Gasteiger partial charge in [0.2, 0.25) is 5.89 Å². The highest BCUT2D eigenvalue weighted by Gasteiger charge is 2.33. The van der Waals surface area contributed by atoms with E-state index in [1.54, 1.807) is 0 Å². The molecule has 1 aliphatic heterocycles. The second kappa shape index (κ2) is 3.93. The maximum Gasteiger partial charge on any atom is 0.260 e. The van der Waals surface area contributed by atoms with Crippen molar-refractivity contribution in [3.8, 4) is 0 Å². The minimum Gasteiger partial charge on any atom is -0.379 e. The molecular weight excluding hydrogens is 184 g/mol. The molecule has 6 heteroatoms. The number of rotatable bonds is 3. The number of likely N-dealkylation sites (N-methyl/N-ethyl adjacent to an activating group) is 1. The zero-order valence-corrected chi connectivity index (χ0v) is 8.06. The Labute approximate surface area is 81.8 Å². The van der Waals surface area contributed by atoms with Crippen LogP contribution in [0, 0.1) is 0 Å². The second-order valence-corrected chi connectivity index (χ2v) is 3.30. The van der Waals surface area contributed by atoms with Gasteiger partial charge in [-0.25, -0.2) is 0 Å². The molecule has 0 aliphatic carbocycles. The lowest BCUT2D eigenvalue weighted by atomic mass is 10.0. The highest BCUT2D eigenvalue weighted by Crippen LogP contribution is 2.24. The third-order valence-electron chi connectivity index (χ3n) is 2.32. The number of hydrogen-bond acceptors (Lipinski definition) is 6. The number of nitrogens with zero attached hydrogens (tertiary/aromatic N) is 2. The fourth-order valence-corrected chi connectivity index (χ4v) is 1.66. The van der Waals surface area contributed by atoms with Crippen molar-refractivity contribution in [2.75, 3.05) is 25.5 Å². The summed E-state index contributed by atoms with van der Waals surface area (Å²) in [5, 5.41) is 6.87. The topological polar surface area (TPSA) is 86.2 Å². The van der Waals surface area contributed by atoms with Crippen molar-refractivity contribution in [2.45, 2.75) is 18.9 Å². The van der Waals surface area contributed by atoms with Crippen molar-refractivity contribution < 1.29 is 9.26 Å². The number of nitrogen functional groups attached to an aromatic ring is 1. The molecule has 0 amide bonds. The van der Waals surface area contributed by atoms with Gasteiger partial charge in [-0.1, -0.05) is 6.92 Å². The number of ether oxygens (including phenoxy) is 1. The van der Waals surface area contributed by atoms with E-state index in [9.17, 15) is 0 Å². The van der Waals surface area contributed by atoms with Crippen LogP contribution < -0.4 is 11.1 Å². The number of aromatic nitrogens is 2. The van der Waals surface area contributed by atoms with E-state index in [0.717, 1.165) is 6.54 Å². The van der Waals surface area contributed by atoms with Crippen molar-refractivity contribution >= 4 is 5.95 Å². The first kappa shape index (κ1) is 9.42. The van der Waals surface area contributed by atoms with E-state index in [1.807, 2.05) is 0 Å². The minimum atomic E-state index is 0.125. The molecule has 3 N–H and O–H groups in total. The number of nitrogens with one attached hydrogen (secondary N) is 1. The summed E-state index contributed by atoms with van der Waals surface area (Å²) in [4.78, 5) is 4.01. The summed E-state index contributed by atoms with van der Waals surface area (Å²) in [6.07, 6.45) is 0. The molecule has 0 aromatic carbocycles. The van der Waals surface area contributed by atoms with E-state index in [2.05, 4.69) is 22.4 Å². The SMILES string of the molecule is CCNC1COCC1c1nc(N)no1. The van der Waals surface area contributed by atoms with Crippen LogP contribution in [0.3, 0.4) is 0 Å². The van der Waals surface area contributed by atoms with Crippen molar-refractivity contribution in [1.29, 1.82) is 0 Å². The predicted octanol–water partition coefficient (Wildman–Crippen LogP) is -0.256. The zero-order valence-electron chi connectivity index (χ0n) is 8.06. The molecule has 2 atom stereocenters. The predicted molar refractivity (Wildman–Crippen MR) is 49.7 cm³/mol. The lowest BCUT2D eigenvalue weighted by Crippen LogP contribution is -2.34. The Hall–Kier alpha value is -1.14. The molecule has 0 bridgehead atoms. The molecule has 1 aromatic heterocycles. The third-order valence-corrected chi connectivity index (χ3v) is 2.32. The summed E-state index contributed by atoms with van der Waals surface area (Å²) < 4.78 is 10.4.